The molecule has 0 aliphatic carbocycles. The fourth-order valence-electron chi connectivity index (χ4n) is 4.31. The number of hydrogen-bond acceptors (Lipinski definition) is 9. The first-order valence-corrected chi connectivity index (χ1v) is 11.2. The molecule has 34 heavy (non-hydrogen) atoms. The third kappa shape index (κ3) is 3.86. The number of methoxy groups -OCH3 is 1. The van der Waals surface area contributed by atoms with Crippen molar-refractivity contribution in [1.82, 2.24) is 19.9 Å². The van der Waals surface area contributed by atoms with E-state index in [1.54, 1.807) is 43.7 Å². The number of anilines is 6. The van der Waals surface area contributed by atoms with Crippen molar-refractivity contribution < 1.29 is 9.53 Å². The number of pyridine rings is 1. The zero-order valence-electron chi connectivity index (χ0n) is 19.8. The Labute approximate surface area is 198 Å². The minimum absolute atomic E-state index is 0.131. The molecular formula is C24H28N8O2. The normalized spacial score (nSPS) is 16.1. The Hall–Kier alpha value is -3.92. The van der Waals surface area contributed by atoms with Crippen LogP contribution in [0.5, 0.6) is 5.75 Å². The highest BCUT2D eigenvalue weighted by molar-refractivity contribution is 6.12. The molecule has 0 bridgehead atoms. The second kappa shape index (κ2) is 8.79. The molecule has 0 unspecified atom stereocenters. The molecule has 1 N–H and O–H groups in total. The molecule has 1 fully saturated rings. The van der Waals surface area contributed by atoms with Crippen LogP contribution in [0.15, 0.2) is 42.9 Å². The molecule has 0 atom stereocenters. The molecule has 0 spiro atoms. The van der Waals surface area contributed by atoms with Crippen molar-refractivity contribution in [3.8, 4) is 5.75 Å². The predicted octanol–water partition coefficient (Wildman–Crippen LogP) is 2.73. The van der Waals surface area contributed by atoms with Gasteiger partial charge in [0, 0.05) is 58.2 Å². The van der Waals surface area contributed by atoms with Gasteiger partial charge in [0.1, 0.15) is 11.4 Å². The van der Waals surface area contributed by atoms with Crippen LogP contribution >= 0.6 is 0 Å². The largest absolute Gasteiger partial charge is 0.494 e. The van der Waals surface area contributed by atoms with Gasteiger partial charge in [0.15, 0.2) is 5.82 Å². The van der Waals surface area contributed by atoms with Crippen molar-refractivity contribution in [3.63, 3.8) is 0 Å². The van der Waals surface area contributed by atoms with Crippen LogP contribution in [0.1, 0.15) is 10.4 Å². The van der Waals surface area contributed by atoms with Crippen molar-refractivity contribution in [2.45, 2.75) is 0 Å². The first kappa shape index (κ1) is 21.9. The molecular weight excluding hydrogens is 432 g/mol. The van der Waals surface area contributed by atoms with Gasteiger partial charge in [0.25, 0.3) is 5.91 Å². The number of nitrogens with zero attached hydrogens (tertiary/aromatic N) is 7. The third-order valence-electron chi connectivity index (χ3n) is 6.43. The molecule has 0 radical (unpaired) electrons. The number of piperazine rings is 1. The number of ether oxygens (including phenoxy) is 1. The van der Waals surface area contributed by atoms with Crippen molar-refractivity contribution >= 4 is 40.4 Å². The van der Waals surface area contributed by atoms with E-state index in [1.807, 2.05) is 24.1 Å². The van der Waals surface area contributed by atoms with Gasteiger partial charge in [-0.1, -0.05) is 0 Å². The molecule has 4 heterocycles. The highest BCUT2D eigenvalue weighted by atomic mass is 16.5. The molecule has 5 rings (SSSR count). The molecule has 10 heteroatoms. The van der Waals surface area contributed by atoms with E-state index in [1.165, 1.54) is 0 Å². The Balaban J connectivity index is 1.45. The molecule has 176 valence electrons. The fraction of sp³-hybridized carbons (Fsp3) is 0.333. The van der Waals surface area contributed by atoms with E-state index in [0.717, 1.165) is 37.6 Å². The van der Waals surface area contributed by atoms with Crippen LogP contribution in [-0.4, -0.2) is 80.2 Å². The summed E-state index contributed by atoms with van der Waals surface area (Å²) < 4.78 is 5.67. The van der Waals surface area contributed by atoms with Crippen LogP contribution in [0.25, 0.3) is 0 Å². The summed E-state index contributed by atoms with van der Waals surface area (Å²) in [5.41, 5.74) is 3.77. The summed E-state index contributed by atoms with van der Waals surface area (Å²) in [5.74, 6) is 1.59. The predicted molar refractivity (Wildman–Crippen MR) is 133 cm³/mol. The van der Waals surface area contributed by atoms with Crippen molar-refractivity contribution in [3.05, 3.63) is 48.4 Å². The lowest BCUT2D eigenvalue weighted by molar-refractivity contribution is 0.0994. The highest BCUT2D eigenvalue weighted by Gasteiger charge is 2.29. The number of nitrogens with one attached hydrogen (secondary N) is 1. The lowest BCUT2D eigenvalue weighted by Gasteiger charge is -2.34. The number of amides is 1. The monoisotopic (exact) mass is 460 g/mol. The van der Waals surface area contributed by atoms with Crippen LogP contribution in [0.4, 0.5) is 34.5 Å². The highest BCUT2D eigenvalue weighted by Crippen LogP contribution is 2.38. The minimum atomic E-state index is -0.131. The van der Waals surface area contributed by atoms with Crippen molar-refractivity contribution in [1.29, 1.82) is 0 Å². The molecule has 1 aromatic carbocycles. The maximum Gasteiger partial charge on any atom is 0.260 e. The van der Waals surface area contributed by atoms with E-state index < -0.39 is 0 Å². The fourth-order valence-corrected chi connectivity index (χ4v) is 4.31. The Kier molecular flexibility index (Phi) is 5.66. The molecule has 10 nitrogen and oxygen atoms in total. The third-order valence-corrected chi connectivity index (χ3v) is 6.43. The number of likely N-dealkylation sites (N-methyl/N-ethyl adjacent to an activating group) is 1. The summed E-state index contributed by atoms with van der Waals surface area (Å²) in [6, 6.07) is 7.83. The molecule has 1 amide bonds. The summed E-state index contributed by atoms with van der Waals surface area (Å²) in [6.45, 7) is 4.04. The molecule has 2 aliphatic rings. The number of rotatable bonds is 4. The van der Waals surface area contributed by atoms with E-state index in [4.69, 9.17) is 9.72 Å². The van der Waals surface area contributed by atoms with Crippen LogP contribution in [0, 0.1) is 0 Å². The van der Waals surface area contributed by atoms with Gasteiger partial charge in [-0.25, -0.2) is 4.98 Å². The van der Waals surface area contributed by atoms with Gasteiger partial charge in [0.2, 0.25) is 5.95 Å². The second-order valence-corrected chi connectivity index (χ2v) is 8.52. The zero-order chi connectivity index (χ0) is 23.8. The average Bonchev–Trinajstić information content (AvgIpc) is 2.94. The zero-order valence-corrected chi connectivity index (χ0v) is 19.8. The average molecular weight is 461 g/mol. The SMILES string of the molecule is COc1cc(N2CCN(C)CC2)ccc1Nc1ncc2c(n1)N(C)c1cnccc1C(=O)N2C. The van der Waals surface area contributed by atoms with Crippen LogP contribution < -0.4 is 24.8 Å². The van der Waals surface area contributed by atoms with Crippen LogP contribution in [0.3, 0.4) is 0 Å². The lowest BCUT2D eigenvalue weighted by atomic mass is 10.2. The van der Waals surface area contributed by atoms with Crippen molar-refractivity contribution in [2.75, 3.05) is 74.4 Å². The van der Waals surface area contributed by atoms with Crippen molar-refractivity contribution in [2.24, 2.45) is 0 Å². The number of aromatic nitrogens is 3. The first-order valence-electron chi connectivity index (χ1n) is 11.2. The van der Waals surface area contributed by atoms with Gasteiger partial charge in [-0.05, 0) is 25.2 Å². The summed E-state index contributed by atoms with van der Waals surface area (Å²) in [4.78, 5) is 34.5. The summed E-state index contributed by atoms with van der Waals surface area (Å²) >= 11 is 0. The van der Waals surface area contributed by atoms with Crippen LogP contribution in [-0.2, 0) is 0 Å². The standard InChI is InChI=1S/C24H28N8O2/c1-29-9-11-32(12-10-29)16-5-6-18(21(13-16)34-4)27-24-26-15-20-22(28-24)30(2)19-14-25-8-7-17(19)23(33)31(20)3/h5-8,13-15H,9-12H2,1-4H3,(H,26,27,28). The van der Waals surface area contributed by atoms with E-state index in [9.17, 15) is 4.79 Å². The van der Waals surface area contributed by atoms with Gasteiger partial charge in [0.05, 0.1) is 36.4 Å². The van der Waals surface area contributed by atoms with E-state index >= 15 is 0 Å². The Bertz CT molecular complexity index is 1230. The van der Waals surface area contributed by atoms with E-state index in [-0.39, 0.29) is 5.91 Å². The van der Waals surface area contributed by atoms with Gasteiger partial charge in [-0.15, -0.1) is 0 Å². The topological polar surface area (TPSA) is 90.0 Å². The maximum absolute atomic E-state index is 13.0. The number of carbonyl (C=O) groups excluding carboxylic acids is 1. The molecule has 0 saturated carbocycles. The first-order chi connectivity index (χ1) is 16.5. The van der Waals surface area contributed by atoms with Gasteiger partial charge < -0.3 is 29.7 Å². The summed E-state index contributed by atoms with van der Waals surface area (Å²) in [6.07, 6.45) is 4.94. The Morgan fingerprint density at radius 2 is 1.76 bits per heavy atom. The Morgan fingerprint density at radius 3 is 2.53 bits per heavy atom. The molecule has 1 saturated heterocycles. The minimum Gasteiger partial charge on any atom is -0.494 e. The summed E-state index contributed by atoms with van der Waals surface area (Å²) in [5, 5.41) is 3.28. The van der Waals surface area contributed by atoms with Gasteiger partial charge >= 0.3 is 0 Å². The van der Waals surface area contributed by atoms with Gasteiger partial charge in [-0.3, -0.25) is 9.78 Å². The number of benzene rings is 1. The lowest BCUT2D eigenvalue weighted by Crippen LogP contribution is -2.44. The quantitative estimate of drug-likeness (QED) is 0.631. The number of hydrogen-bond donors (Lipinski definition) is 1. The smallest absolute Gasteiger partial charge is 0.260 e. The summed E-state index contributed by atoms with van der Waals surface area (Å²) in [7, 11) is 7.39. The Morgan fingerprint density at radius 1 is 0.971 bits per heavy atom. The van der Waals surface area contributed by atoms with Gasteiger partial charge in [-0.2, -0.15) is 4.98 Å². The van der Waals surface area contributed by atoms with E-state index in [2.05, 4.69) is 38.2 Å². The second-order valence-electron chi connectivity index (χ2n) is 8.52. The molecule has 3 aromatic rings. The van der Waals surface area contributed by atoms with E-state index in [0.29, 0.717) is 34.5 Å². The maximum atomic E-state index is 13.0. The number of carbonyl (C=O) groups is 1. The molecule has 2 aromatic heterocycles. The molecule has 2 aliphatic heterocycles. The van der Waals surface area contributed by atoms with Crippen LogP contribution in [0.2, 0.25) is 0 Å². The number of fused-ring (bicyclic) bond motifs is 2.